The first-order valence-corrected chi connectivity index (χ1v) is 7.28. The van der Waals surface area contributed by atoms with Crippen LogP contribution in [0.5, 0.6) is 0 Å². The Morgan fingerprint density at radius 1 is 1.27 bits per heavy atom. The molecule has 3 N–H and O–H groups in total. The molecule has 2 aromatic rings. The number of aromatic nitrogens is 3. The third-order valence-corrected chi connectivity index (χ3v) is 3.66. The lowest BCUT2D eigenvalue weighted by atomic mass is 10.1. The van der Waals surface area contributed by atoms with Crippen LogP contribution in [-0.2, 0) is 0 Å². The molecule has 114 valence electrons. The standard InChI is InChI=1S/C15H18N6O/c16-15(22)12-6-7-13(20-19-12)18-11-4-3-9-21(10-11)14-5-1-2-8-17-14/h1-2,5-8,11H,3-4,9-10H2,(H2,16,22)(H,18,20). The van der Waals surface area contributed by atoms with Crippen LogP contribution >= 0.6 is 0 Å². The SMILES string of the molecule is NC(=O)c1ccc(NC2CCCN(c3ccccn3)C2)nn1. The molecule has 1 aliphatic heterocycles. The zero-order chi connectivity index (χ0) is 15.4. The van der Waals surface area contributed by atoms with Crippen molar-refractivity contribution in [1.82, 2.24) is 15.2 Å². The highest BCUT2D eigenvalue weighted by atomic mass is 16.1. The molecule has 2 aromatic heterocycles. The van der Waals surface area contributed by atoms with E-state index in [1.165, 1.54) is 0 Å². The first-order valence-electron chi connectivity index (χ1n) is 7.28. The largest absolute Gasteiger partial charge is 0.364 e. The average molecular weight is 298 g/mol. The van der Waals surface area contributed by atoms with Crippen LogP contribution in [0.3, 0.4) is 0 Å². The molecule has 0 bridgehead atoms. The average Bonchev–Trinajstić information content (AvgIpc) is 2.56. The molecule has 3 heterocycles. The van der Waals surface area contributed by atoms with Gasteiger partial charge in [-0.2, -0.15) is 0 Å². The Balaban J connectivity index is 1.64. The summed E-state index contributed by atoms with van der Waals surface area (Å²) in [4.78, 5) is 17.6. The van der Waals surface area contributed by atoms with Crippen molar-refractivity contribution in [3.8, 4) is 0 Å². The van der Waals surface area contributed by atoms with Gasteiger partial charge in [0.05, 0.1) is 0 Å². The molecule has 1 amide bonds. The molecule has 0 aliphatic carbocycles. The van der Waals surface area contributed by atoms with Crippen LogP contribution in [-0.4, -0.2) is 40.2 Å². The molecule has 1 fully saturated rings. The number of piperidine rings is 1. The molecule has 0 aromatic carbocycles. The maximum Gasteiger partial charge on any atom is 0.269 e. The highest BCUT2D eigenvalue weighted by Gasteiger charge is 2.21. The highest BCUT2D eigenvalue weighted by molar-refractivity contribution is 5.90. The van der Waals surface area contributed by atoms with Gasteiger partial charge < -0.3 is 16.0 Å². The van der Waals surface area contributed by atoms with E-state index < -0.39 is 5.91 Å². The molecule has 7 nitrogen and oxygen atoms in total. The Hall–Kier alpha value is -2.70. The van der Waals surface area contributed by atoms with Crippen LogP contribution in [0.1, 0.15) is 23.3 Å². The number of primary amides is 1. The van der Waals surface area contributed by atoms with E-state index in [9.17, 15) is 4.79 Å². The van der Waals surface area contributed by atoms with Crippen LogP contribution < -0.4 is 16.0 Å². The Bertz CT molecular complexity index is 630. The van der Waals surface area contributed by atoms with Crippen molar-refractivity contribution in [2.75, 3.05) is 23.3 Å². The maximum absolute atomic E-state index is 11.0. The number of rotatable bonds is 4. The summed E-state index contributed by atoms with van der Waals surface area (Å²) in [5, 5.41) is 11.2. The summed E-state index contributed by atoms with van der Waals surface area (Å²) in [6, 6.07) is 9.50. The molecule has 3 rings (SSSR count). The Labute approximate surface area is 128 Å². The highest BCUT2D eigenvalue weighted by Crippen LogP contribution is 2.19. The van der Waals surface area contributed by atoms with E-state index in [-0.39, 0.29) is 11.7 Å². The number of nitrogens with two attached hydrogens (primary N) is 1. The number of carbonyl (C=O) groups excluding carboxylic acids is 1. The number of carbonyl (C=O) groups is 1. The molecule has 7 heteroatoms. The Morgan fingerprint density at radius 2 is 2.18 bits per heavy atom. The van der Waals surface area contributed by atoms with Crippen molar-refractivity contribution < 1.29 is 4.79 Å². The van der Waals surface area contributed by atoms with Gasteiger partial charge in [0.15, 0.2) is 5.69 Å². The lowest BCUT2D eigenvalue weighted by molar-refractivity contribution is 0.0994. The third kappa shape index (κ3) is 3.30. The van der Waals surface area contributed by atoms with Gasteiger partial charge in [-0.15, -0.1) is 10.2 Å². The Kier molecular flexibility index (Phi) is 4.13. The lowest BCUT2D eigenvalue weighted by Gasteiger charge is -2.34. The summed E-state index contributed by atoms with van der Waals surface area (Å²) in [6.07, 6.45) is 3.95. The van der Waals surface area contributed by atoms with Gasteiger partial charge in [0.25, 0.3) is 5.91 Å². The first kappa shape index (κ1) is 14.2. The van der Waals surface area contributed by atoms with Gasteiger partial charge in [0, 0.05) is 25.3 Å². The van der Waals surface area contributed by atoms with E-state index in [4.69, 9.17) is 5.73 Å². The fraction of sp³-hybridized carbons (Fsp3) is 0.333. The summed E-state index contributed by atoms with van der Waals surface area (Å²) >= 11 is 0. The molecule has 1 saturated heterocycles. The number of nitrogens with zero attached hydrogens (tertiary/aromatic N) is 4. The molecule has 1 unspecified atom stereocenters. The quantitative estimate of drug-likeness (QED) is 0.875. The number of hydrogen-bond acceptors (Lipinski definition) is 6. The molecule has 0 spiro atoms. The van der Waals surface area contributed by atoms with E-state index in [1.807, 2.05) is 18.2 Å². The van der Waals surface area contributed by atoms with Crippen molar-refractivity contribution in [3.05, 3.63) is 42.2 Å². The molecule has 1 aliphatic rings. The number of anilines is 2. The Morgan fingerprint density at radius 3 is 2.86 bits per heavy atom. The van der Waals surface area contributed by atoms with E-state index in [1.54, 1.807) is 18.3 Å². The second kappa shape index (κ2) is 6.38. The van der Waals surface area contributed by atoms with Gasteiger partial charge in [0.1, 0.15) is 11.6 Å². The van der Waals surface area contributed by atoms with Crippen LogP contribution in [0.25, 0.3) is 0 Å². The zero-order valence-electron chi connectivity index (χ0n) is 12.1. The minimum Gasteiger partial charge on any atom is -0.364 e. The topological polar surface area (TPSA) is 97.0 Å². The number of nitrogens with one attached hydrogen (secondary N) is 1. The summed E-state index contributed by atoms with van der Waals surface area (Å²) in [5.74, 6) is 1.07. The summed E-state index contributed by atoms with van der Waals surface area (Å²) in [7, 11) is 0. The maximum atomic E-state index is 11.0. The summed E-state index contributed by atoms with van der Waals surface area (Å²) < 4.78 is 0. The zero-order valence-corrected chi connectivity index (χ0v) is 12.1. The number of hydrogen-bond donors (Lipinski definition) is 2. The molecule has 22 heavy (non-hydrogen) atoms. The van der Waals surface area contributed by atoms with E-state index >= 15 is 0 Å². The monoisotopic (exact) mass is 298 g/mol. The van der Waals surface area contributed by atoms with Gasteiger partial charge in [-0.05, 0) is 37.1 Å². The van der Waals surface area contributed by atoms with Crippen molar-refractivity contribution in [2.45, 2.75) is 18.9 Å². The predicted molar refractivity (Wildman–Crippen MR) is 83.6 cm³/mol. The normalized spacial score (nSPS) is 18.0. The van der Waals surface area contributed by atoms with Crippen molar-refractivity contribution in [2.24, 2.45) is 5.73 Å². The molecule has 1 atom stereocenters. The predicted octanol–water partition coefficient (Wildman–Crippen LogP) is 1.05. The van der Waals surface area contributed by atoms with Gasteiger partial charge >= 0.3 is 0 Å². The molecule has 0 saturated carbocycles. The van der Waals surface area contributed by atoms with Gasteiger partial charge in [-0.1, -0.05) is 6.07 Å². The van der Waals surface area contributed by atoms with Crippen LogP contribution in [0.15, 0.2) is 36.5 Å². The van der Waals surface area contributed by atoms with Crippen LogP contribution in [0, 0.1) is 0 Å². The minimum absolute atomic E-state index is 0.171. The van der Waals surface area contributed by atoms with Crippen molar-refractivity contribution in [1.29, 1.82) is 0 Å². The number of pyridine rings is 1. The summed E-state index contributed by atoms with van der Waals surface area (Å²) in [5.41, 5.74) is 5.33. The third-order valence-electron chi connectivity index (χ3n) is 3.66. The minimum atomic E-state index is -0.571. The lowest BCUT2D eigenvalue weighted by Crippen LogP contribution is -2.42. The fourth-order valence-corrected chi connectivity index (χ4v) is 2.59. The second-order valence-corrected chi connectivity index (χ2v) is 5.29. The second-order valence-electron chi connectivity index (χ2n) is 5.29. The molecule has 0 radical (unpaired) electrons. The molecular weight excluding hydrogens is 280 g/mol. The first-order chi connectivity index (χ1) is 10.7. The van der Waals surface area contributed by atoms with E-state index in [0.29, 0.717) is 5.82 Å². The van der Waals surface area contributed by atoms with Crippen LogP contribution in [0.4, 0.5) is 11.6 Å². The van der Waals surface area contributed by atoms with E-state index in [2.05, 4.69) is 25.4 Å². The van der Waals surface area contributed by atoms with Crippen molar-refractivity contribution in [3.63, 3.8) is 0 Å². The van der Waals surface area contributed by atoms with Gasteiger partial charge in [-0.25, -0.2) is 4.98 Å². The number of amides is 1. The fourth-order valence-electron chi connectivity index (χ4n) is 2.59. The van der Waals surface area contributed by atoms with E-state index in [0.717, 1.165) is 31.7 Å². The van der Waals surface area contributed by atoms with Gasteiger partial charge in [0.2, 0.25) is 0 Å². The van der Waals surface area contributed by atoms with Crippen LogP contribution in [0.2, 0.25) is 0 Å². The summed E-state index contributed by atoms with van der Waals surface area (Å²) in [6.45, 7) is 1.86. The molecular formula is C15H18N6O. The van der Waals surface area contributed by atoms with Gasteiger partial charge in [-0.3, -0.25) is 4.79 Å². The van der Waals surface area contributed by atoms with Crippen molar-refractivity contribution >= 4 is 17.5 Å². The smallest absolute Gasteiger partial charge is 0.269 e.